The highest BCUT2D eigenvalue weighted by Gasteiger charge is 2.45. The van der Waals surface area contributed by atoms with Crippen molar-refractivity contribution >= 4 is 11.9 Å². The Labute approximate surface area is 147 Å². The van der Waals surface area contributed by atoms with Crippen molar-refractivity contribution < 1.29 is 19.2 Å². The predicted molar refractivity (Wildman–Crippen MR) is 89.2 cm³/mol. The highest BCUT2D eigenvalue weighted by molar-refractivity contribution is 5.80. The van der Waals surface area contributed by atoms with Crippen molar-refractivity contribution in [1.29, 1.82) is 0 Å². The zero-order chi connectivity index (χ0) is 17.2. The van der Waals surface area contributed by atoms with Crippen LogP contribution in [-0.4, -0.2) is 66.2 Å². The van der Waals surface area contributed by atoms with Crippen molar-refractivity contribution in [1.82, 2.24) is 14.9 Å². The zero-order valence-electron chi connectivity index (χ0n) is 14.2. The molecule has 1 atom stereocenters. The van der Waals surface area contributed by atoms with Gasteiger partial charge in [-0.2, -0.15) is 5.06 Å². The van der Waals surface area contributed by atoms with Crippen LogP contribution >= 0.6 is 0 Å². The van der Waals surface area contributed by atoms with Crippen LogP contribution in [0.1, 0.15) is 24.6 Å². The van der Waals surface area contributed by atoms with E-state index in [2.05, 4.69) is 0 Å². The Morgan fingerprint density at radius 3 is 2.28 bits per heavy atom. The normalized spacial score (nSPS) is 24.3. The summed E-state index contributed by atoms with van der Waals surface area (Å²) < 4.78 is 5.30. The number of likely N-dealkylation sites (tertiary alicyclic amines) is 1. The number of carbonyl (C=O) groups is 2. The number of carbonyl (C=O) groups excluding carboxylic acids is 2. The summed E-state index contributed by atoms with van der Waals surface area (Å²) in [6, 6.07) is 9.60. The maximum Gasteiger partial charge on any atom is 0.346 e. The van der Waals surface area contributed by atoms with Gasteiger partial charge >= 0.3 is 6.03 Å². The van der Waals surface area contributed by atoms with Crippen LogP contribution in [0.2, 0.25) is 0 Å². The van der Waals surface area contributed by atoms with Crippen molar-refractivity contribution in [3.05, 3.63) is 35.9 Å². The van der Waals surface area contributed by atoms with Gasteiger partial charge in [0.2, 0.25) is 12.1 Å². The minimum Gasteiger partial charge on any atom is -0.378 e. The van der Waals surface area contributed by atoms with Gasteiger partial charge in [0, 0.05) is 37.7 Å². The van der Waals surface area contributed by atoms with Gasteiger partial charge < -0.3 is 14.5 Å². The molecule has 1 unspecified atom stereocenters. The third-order valence-corrected chi connectivity index (χ3v) is 5.09. The van der Waals surface area contributed by atoms with Gasteiger partial charge in [0.1, 0.15) is 0 Å². The predicted octanol–water partition coefficient (Wildman–Crippen LogP) is 1.62. The van der Waals surface area contributed by atoms with Crippen molar-refractivity contribution in [2.75, 3.05) is 39.4 Å². The zero-order valence-corrected chi connectivity index (χ0v) is 14.2. The summed E-state index contributed by atoms with van der Waals surface area (Å²) in [5, 5.41) is 1.42. The summed E-state index contributed by atoms with van der Waals surface area (Å²) in [5.41, 5.74) is 0.980. The first kappa shape index (κ1) is 16.4. The van der Waals surface area contributed by atoms with E-state index < -0.39 is 0 Å². The van der Waals surface area contributed by atoms with Gasteiger partial charge in [-0.25, -0.2) is 9.63 Å². The minimum absolute atomic E-state index is 0.0159. The highest BCUT2D eigenvalue weighted by atomic mass is 16.8. The van der Waals surface area contributed by atoms with Gasteiger partial charge in [-0.15, -0.1) is 0 Å². The largest absolute Gasteiger partial charge is 0.378 e. The van der Waals surface area contributed by atoms with Crippen LogP contribution in [0.5, 0.6) is 0 Å². The Morgan fingerprint density at radius 1 is 0.920 bits per heavy atom. The number of hydrogen-bond donors (Lipinski definition) is 0. The van der Waals surface area contributed by atoms with Crippen molar-refractivity contribution in [3.63, 3.8) is 0 Å². The third-order valence-electron chi connectivity index (χ3n) is 5.09. The Morgan fingerprint density at radius 2 is 1.60 bits per heavy atom. The number of nitrogens with zero attached hydrogens (tertiary/aromatic N) is 3. The topological polar surface area (TPSA) is 65.4 Å². The van der Waals surface area contributed by atoms with Crippen molar-refractivity contribution in [2.45, 2.75) is 19.1 Å². The van der Waals surface area contributed by atoms with E-state index in [4.69, 9.17) is 9.57 Å². The van der Waals surface area contributed by atoms with Gasteiger partial charge in [-0.3, -0.25) is 4.79 Å². The molecule has 0 bridgehead atoms. The number of amides is 3. The summed E-state index contributed by atoms with van der Waals surface area (Å²) in [7, 11) is 0. The van der Waals surface area contributed by atoms with Crippen LogP contribution in [0.4, 0.5) is 4.79 Å². The van der Waals surface area contributed by atoms with Crippen molar-refractivity contribution in [2.24, 2.45) is 5.92 Å². The molecule has 3 fully saturated rings. The molecule has 1 aromatic rings. The Bertz CT molecular complexity index is 624. The Hall–Kier alpha value is -2.12. The lowest BCUT2D eigenvalue weighted by atomic mass is 9.95. The molecule has 3 heterocycles. The van der Waals surface area contributed by atoms with E-state index in [1.165, 1.54) is 5.06 Å². The van der Waals surface area contributed by atoms with Gasteiger partial charge in [0.25, 0.3) is 0 Å². The average Bonchev–Trinajstić information content (AvgIpc) is 3.49. The number of rotatable bonds is 2. The summed E-state index contributed by atoms with van der Waals surface area (Å²) in [4.78, 5) is 34.2. The molecule has 0 aromatic heterocycles. The molecule has 134 valence electrons. The molecule has 3 amide bonds. The fraction of sp³-hybridized carbons (Fsp3) is 0.556. The fourth-order valence-electron chi connectivity index (χ4n) is 3.54. The molecule has 0 spiro atoms. The van der Waals surface area contributed by atoms with E-state index in [9.17, 15) is 9.59 Å². The summed E-state index contributed by atoms with van der Waals surface area (Å²) in [6.45, 7) is 3.80. The van der Waals surface area contributed by atoms with E-state index in [-0.39, 0.29) is 24.1 Å². The Balaban J connectivity index is 1.27. The molecule has 3 aliphatic heterocycles. The maximum atomic E-state index is 12.5. The molecule has 0 N–H and O–H groups in total. The molecular formula is C18H23N3O4. The molecule has 7 nitrogen and oxygen atoms in total. The number of hydroxylamine groups is 2. The SMILES string of the molecule is O=C(C1CCN(C(=O)N2OC2c2ccccc2)CC1)N1CCOCC1. The highest BCUT2D eigenvalue weighted by Crippen LogP contribution is 2.38. The van der Waals surface area contributed by atoms with E-state index in [1.54, 1.807) is 4.90 Å². The molecule has 7 heteroatoms. The van der Waals surface area contributed by atoms with E-state index >= 15 is 0 Å². The summed E-state index contributed by atoms with van der Waals surface area (Å²) in [6.07, 6.45) is 1.15. The van der Waals surface area contributed by atoms with Gasteiger partial charge in [0.15, 0.2) is 0 Å². The monoisotopic (exact) mass is 345 g/mol. The number of urea groups is 1. The first-order chi connectivity index (χ1) is 12.2. The second-order valence-corrected chi connectivity index (χ2v) is 6.68. The summed E-state index contributed by atoms with van der Waals surface area (Å²) in [5.74, 6) is 0.225. The van der Waals surface area contributed by atoms with E-state index in [1.807, 2.05) is 35.2 Å². The number of morpholine rings is 1. The lowest BCUT2D eigenvalue weighted by molar-refractivity contribution is -0.141. The number of ether oxygens (including phenoxy) is 1. The molecule has 1 aromatic carbocycles. The Kier molecular flexibility index (Phi) is 4.59. The molecule has 0 saturated carbocycles. The molecule has 3 saturated heterocycles. The average molecular weight is 345 g/mol. The van der Waals surface area contributed by atoms with Crippen LogP contribution in [0, 0.1) is 5.92 Å². The van der Waals surface area contributed by atoms with Gasteiger partial charge in [-0.05, 0) is 12.8 Å². The van der Waals surface area contributed by atoms with E-state index in [0.29, 0.717) is 52.2 Å². The smallest absolute Gasteiger partial charge is 0.346 e. The van der Waals surface area contributed by atoms with Crippen molar-refractivity contribution in [3.8, 4) is 0 Å². The van der Waals surface area contributed by atoms with Crippen LogP contribution in [0.25, 0.3) is 0 Å². The molecule has 4 rings (SSSR count). The molecule has 25 heavy (non-hydrogen) atoms. The summed E-state index contributed by atoms with van der Waals surface area (Å²) >= 11 is 0. The lowest BCUT2D eigenvalue weighted by Gasteiger charge is -2.35. The van der Waals surface area contributed by atoms with Crippen LogP contribution < -0.4 is 0 Å². The number of piperidine rings is 1. The maximum absolute atomic E-state index is 12.5. The fourth-order valence-corrected chi connectivity index (χ4v) is 3.54. The first-order valence-electron chi connectivity index (χ1n) is 8.90. The lowest BCUT2D eigenvalue weighted by Crippen LogP contribution is -2.48. The van der Waals surface area contributed by atoms with Gasteiger partial charge in [-0.1, -0.05) is 30.3 Å². The standard InChI is InChI=1S/C18H23N3O4/c22-16(19-10-12-24-13-11-19)14-6-8-20(9-7-14)18(23)21-17(25-21)15-4-2-1-3-5-15/h1-5,14,17H,6-13H2. The van der Waals surface area contributed by atoms with Crippen LogP contribution in [0.15, 0.2) is 30.3 Å². The number of hydrogen-bond acceptors (Lipinski definition) is 4. The minimum atomic E-state index is -0.276. The quantitative estimate of drug-likeness (QED) is 0.764. The molecular weight excluding hydrogens is 322 g/mol. The second-order valence-electron chi connectivity index (χ2n) is 6.68. The van der Waals surface area contributed by atoms with Crippen LogP contribution in [0.3, 0.4) is 0 Å². The second kappa shape index (κ2) is 7.01. The molecule has 0 radical (unpaired) electrons. The molecule has 0 aliphatic carbocycles. The van der Waals surface area contributed by atoms with Crippen LogP contribution in [-0.2, 0) is 14.4 Å². The van der Waals surface area contributed by atoms with E-state index in [0.717, 1.165) is 5.56 Å². The third kappa shape index (κ3) is 3.48. The first-order valence-corrected chi connectivity index (χ1v) is 8.90. The number of benzene rings is 1. The van der Waals surface area contributed by atoms with Gasteiger partial charge in [0.05, 0.1) is 13.2 Å². The molecule has 3 aliphatic rings.